The van der Waals surface area contributed by atoms with E-state index in [0.717, 1.165) is 11.8 Å². The minimum absolute atomic E-state index is 0.00171. The molecular formula is C23H17N3O6S. The van der Waals surface area contributed by atoms with E-state index in [2.05, 4.69) is 4.99 Å². The van der Waals surface area contributed by atoms with Gasteiger partial charge in [0.2, 0.25) is 0 Å². The molecule has 0 unspecified atom stereocenters. The van der Waals surface area contributed by atoms with Crippen LogP contribution in [0.4, 0.5) is 11.4 Å². The molecule has 10 heteroatoms. The Morgan fingerprint density at radius 1 is 1.21 bits per heavy atom. The number of carbonyl (C=O) groups excluding carboxylic acids is 1. The van der Waals surface area contributed by atoms with Crippen LogP contribution in [0.15, 0.2) is 68.9 Å². The standard InChI is InChI=1S/C23H17N3O6S/c1-13-10-16(26(30)31)6-8-18(13)19-9-7-17(32-19)12-20-21(27)25(2)23(33-20)24-15-5-3-4-14(11-15)22(28)29/h3-12H,1-2H3,(H,28,29)/b20-12+,24-23?. The third-order valence-electron chi connectivity index (χ3n) is 4.91. The summed E-state index contributed by atoms with van der Waals surface area (Å²) in [5.74, 6) is -0.353. The summed E-state index contributed by atoms with van der Waals surface area (Å²) in [6, 6.07) is 14.1. The summed E-state index contributed by atoms with van der Waals surface area (Å²) in [4.78, 5) is 40.5. The van der Waals surface area contributed by atoms with Crippen molar-refractivity contribution in [3.05, 3.63) is 86.5 Å². The normalized spacial score (nSPS) is 16.1. The molecule has 0 aliphatic carbocycles. The first kappa shape index (κ1) is 22.0. The molecule has 3 aromatic rings. The molecule has 4 rings (SSSR count). The average molecular weight is 463 g/mol. The molecule has 1 aliphatic rings. The first-order chi connectivity index (χ1) is 15.7. The molecule has 33 heavy (non-hydrogen) atoms. The fourth-order valence-electron chi connectivity index (χ4n) is 3.21. The molecule has 2 aromatic carbocycles. The monoisotopic (exact) mass is 463 g/mol. The zero-order chi connectivity index (χ0) is 23.7. The number of rotatable bonds is 5. The Morgan fingerprint density at radius 2 is 2.00 bits per heavy atom. The third-order valence-corrected chi connectivity index (χ3v) is 5.97. The lowest BCUT2D eigenvalue weighted by Crippen LogP contribution is -2.23. The lowest BCUT2D eigenvalue weighted by atomic mass is 10.1. The molecule has 1 saturated heterocycles. The third kappa shape index (κ3) is 4.55. The summed E-state index contributed by atoms with van der Waals surface area (Å²) in [6.45, 7) is 1.76. The van der Waals surface area contributed by atoms with Gasteiger partial charge in [-0.2, -0.15) is 0 Å². The number of aromatic carboxylic acids is 1. The number of nitro benzene ring substituents is 1. The fourth-order valence-corrected chi connectivity index (χ4v) is 4.18. The van der Waals surface area contributed by atoms with Gasteiger partial charge in [0, 0.05) is 30.8 Å². The predicted octanol–water partition coefficient (Wildman–Crippen LogP) is 5.10. The van der Waals surface area contributed by atoms with E-state index in [-0.39, 0.29) is 17.2 Å². The second-order valence-corrected chi connectivity index (χ2v) is 8.19. The second-order valence-electron chi connectivity index (χ2n) is 7.18. The number of non-ortho nitro benzene ring substituents is 1. The number of aliphatic imine (C=N–C) groups is 1. The van der Waals surface area contributed by atoms with E-state index in [1.54, 1.807) is 50.4 Å². The number of aryl methyl sites for hydroxylation is 1. The number of amides is 1. The Balaban J connectivity index is 1.59. The summed E-state index contributed by atoms with van der Waals surface area (Å²) in [6.07, 6.45) is 1.60. The van der Waals surface area contributed by atoms with Gasteiger partial charge in [0.25, 0.3) is 11.6 Å². The number of carboxylic acids is 1. The van der Waals surface area contributed by atoms with Crippen molar-refractivity contribution in [1.82, 2.24) is 4.90 Å². The van der Waals surface area contributed by atoms with Crippen LogP contribution in [0.25, 0.3) is 17.4 Å². The topological polar surface area (TPSA) is 126 Å². The van der Waals surface area contributed by atoms with Crippen LogP contribution >= 0.6 is 11.8 Å². The summed E-state index contributed by atoms with van der Waals surface area (Å²) in [5.41, 5.74) is 1.94. The van der Waals surface area contributed by atoms with E-state index >= 15 is 0 Å². The van der Waals surface area contributed by atoms with Gasteiger partial charge in [0.1, 0.15) is 11.5 Å². The van der Waals surface area contributed by atoms with Crippen LogP contribution in [0.5, 0.6) is 0 Å². The van der Waals surface area contributed by atoms with Crippen LogP contribution in [0.1, 0.15) is 21.7 Å². The molecule has 1 amide bonds. The van der Waals surface area contributed by atoms with Crippen LogP contribution in [0.2, 0.25) is 0 Å². The zero-order valence-corrected chi connectivity index (χ0v) is 18.3. The molecular weight excluding hydrogens is 446 g/mol. The fraction of sp³-hybridized carbons (Fsp3) is 0.0870. The molecule has 0 radical (unpaired) electrons. The summed E-state index contributed by atoms with van der Waals surface area (Å²) in [5, 5.41) is 20.5. The Labute approximate surface area is 192 Å². The Bertz CT molecular complexity index is 1360. The van der Waals surface area contributed by atoms with Crippen molar-refractivity contribution in [1.29, 1.82) is 0 Å². The van der Waals surface area contributed by atoms with Gasteiger partial charge in [-0.1, -0.05) is 6.07 Å². The number of nitro groups is 1. The minimum atomic E-state index is -1.06. The lowest BCUT2D eigenvalue weighted by molar-refractivity contribution is -0.384. The van der Waals surface area contributed by atoms with E-state index in [1.165, 1.54) is 29.2 Å². The first-order valence-corrected chi connectivity index (χ1v) is 10.5. The van der Waals surface area contributed by atoms with Crippen molar-refractivity contribution < 1.29 is 24.0 Å². The number of nitrogens with zero attached hydrogens (tertiary/aromatic N) is 3. The van der Waals surface area contributed by atoms with Crippen LogP contribution in [-0.4, -0.2) is 39.0 Å². The van der Waals surface area contributed by atoms with Gasteiger partial charge in [-0.15, -0.1) is 0 Å². The van der Waals surface area contributed by atoms with Crippen molar-refractivity contribution in [3.63, 3.8) is 0 Å². The molecule has 166 valence electrons. The van der Waals surface area contributed by atoms with E-state index in [9.17, 15) is 19.7 Å². The van der Waals surface area contributed by atoms with Crippen LogP contribution in [-0.2, 0) is 4.79 Å². The maximum absolute atomic E-state index is 12.7. The number of amidine groups is 1. The second kappa shape index (κ2) is 8.75. The van der Waals surface area contributed by atoms with Gasteiger partial charge in [0.15, 0.2) is 5.17 Å². The van der Waals surface area contributed by atoms with Crippen molar-refractivity contribution in [3.8, 4) is 11.3 Å². The van der Waals surface area contributed by atoms with E-state index in [1.807, 2.05) is 0 Å². The number of carbonyl (C=O) groups is 2. The Hall–Kier alpha value is -4.18. The largest absolute Gasteiger partial charge is 0.478 e. The Kier molecular flexibility index (Phi) is 5.84. The molecule has 0 bridgehead atoms. The quantitative estimate of drug-likeness (QED) is 0.317. The molecule has 1 N–H and O–H groups in total. The van der Waals surface area contributed by atoms with E-state index in [4.69, 9.17) is 9.52 Å². The number of thioether (sulfide) groups is 1. The van der Waals surface area contributed by atoms with Gasteiger partial charge < -0.3 is 9.52 Å². The van der Waals surface area contributed by atoms with E-state index in [0.29, 0.717) is 38.4 Å². The highest BCUT2D eigenvalue weighted by atomic mass is 32.2. The van der Waals surface area contributed by atoms with Gasteiger partial charge in [0.05, 0.1) is 21.1 Å². The SMILES string of the molecule is Cc1cc([N+](=O)[O-])ccc1-c1ccc(/C=C2/SC(=Nc3cccc(C(=O)O)c3)N(C)C2=O)o1. The minimum Gasteiger partial charge on any atom is -0.478 e. The Morgan fingerprint density at radius 3 is 2.70 bits per heavy atom. The highest BCUT2D eigenvalue weighted by Gasteiger charge is 2.30. The van der Waals surface area contributed by atoms with Crippen LogP contribution < -0.4 is 0 Å². The number of hydrogen-bond acceptors (Lipinski definition) is 7. The van der Waals surface area contributed by atoms with Crippen molar-refractivity contribution in [2.24, 2.45) is 4.99 Å². The molecule has 1 fully saturated rings. The molecule has 2 heterocycles. The molecule has 9 nitrogen and oxygen atoms in total. The molecule has 1 aliphatic heterocycles. The van der Waals surface area contributed by atoms with Crippen molar-refractivity contribution in [2.75, 3.05) is 7.05 Å². The highest BCUT2D eigenvalue weighted by Crippen LogP contribution is 2.35. The smallest absolute Gasteiger partial charge is 0.335 e. The van der Waals surface area contributed by atoms with Gasteiger partial charge in [-0.3, -0.25) is 19.8 Å². The van der Waals surface area contributed by atoms with Crippen LogP contribution in [0.3, 0.4) is 0 Å². The number of furan rings is 1. The molecule has 1 aromatic heterocycles. The number of carboxylic acid groups (broad SMARTS) is 1. The van der Waals surface area contributed by atoms with Gasteiger partial charge in [-0.25, -0.2) is 9.79 Å². The van der Waals surface area contributed by atoms with Crippen molar-refractivity contribution in [2.45, 2.75) is 6.92 Å². The van der Waals surface area contributed by atoms with Gasteiger partial charge in [-0.05, 0) is 60.6 Å². The van der Waals surface area contributed by atoms with Gasteiger partial charge >= 0.3 is 5.97 Å². The van der Waals surface area contributed by atoms with Crippen molar-refractivity contribution >= 4 is 46.3 Å². The number of benzene rings is 2. The molecule has 0 atom stereocenters. The molecule has 0 spiro atoms. The zero-order valence-electron chi connectivity index (χ0n) is 17.5. The van der Waals surface area contributed by atoms with E-state index < -0.39 is 10.9 Å². The summed E-state index contributed by atoms with van der Waals surface area (Å²) >= 11 is 1.15. The average Bonchev–Trinajstić information content (AvgIpc) is 3.34. The van der Waals surface area contributed by atoms with Crippen LogP contribution in [0, 0.1) is 17.0 Å². The highest BCUT2D eigenvalue weighted by molar-refractivity contribution is 8.18. The number of likely N-dealkylation sites (N-methyl/N-ethyl adjacent to an activating group) is 1. The molecule has 0 saturated carbocycles. The predicted molar refractivity (Wildman–Crippen MR) is 124 cm³/mol. The summed E-state index contributed by atoms with van der Waals surface area (Å²) in [7, 11) is 1.59. The maximum atomic E-state index is 12.7. The summed E-state index contributed by atoms with van der Waals surface area (Å²) < 4.78 is 5.86. The maximum Gasteiger partial charge on any atom is 0.335 e. The lowest BCUT2D eigenvalue weighted by Gasteiger charge is -2.07. The first-order valence-electron chi connectivity index (χ1n) is 9.68. The number of hydrogen-bond donors (Lipinski definition) is 1.